The second-order valence-electron chi connectivity index (χ2n) is 8.76. The second kappa shape index (κ2) is 6.36. The maximum absolute atomic E-state index is 13.9. The molecule has 1 aliphatic heterocycles. The number of amides is 2. The smallest absolute Gasteiger partial charge is 0.274 e. The van der Waals surface area contributed by atoms with Gasteiger partial charge in [-0.2, -0.15) is 0 Å². The van der Waals surface area contributed by atoms with Gasteiger partial charge in [0.15, 0.2) is 0 Å². The molecular formula is C25H17BrN2O4. The summed E-state index contributed by atoms with van der Waals surface area (Å²) in [4.78, 5) is 40.0. The monoisotopic (exact) mass is 488 g/mol. The van der Waals surface area contributed by atoms with Crippen molar-refractivity contribution in [1.29, 1.82) is 0 Å². The first-order valence-corrected chi connectivity index (χ1v) is 11.2. The van der Waals surface area contributed by atoms with Crippen LogP contribution in [0.2, 0.25) is 0 Å². The first kappa shape index (κ1) is 19.4. The van der Waals surface area contributed by atoms with Gasteiger partial charge >= 0.3 is 0 Å². The van der Waals surface area contributed by atoms with Crippen LogP contribution in [0.5, 0.6) is 0 Å². The Balaban J connectivity index is 1.61. The van der Waals surface area contributed by atoms with E-state index in [2.05, 4.69) is 15.9 Å². The van der Waals surface area contributed by atoms with Crippen molar-refractivity contribution in [2.45, 2.75) is 18.3 Å². The summed E-state index contributed by atoms with van der Waals surface area (Å²) in [6.07, 6.45) is 0. The highest BCUT2D eigenvalue weighted by Gasteiger charge is 2.66. The molecule has 3 aliphatic carbocycles. The van der Waals surface area contributed by atoms with Crippen molar-refractivity contribution < 1.29 is 14.5 Å². The van der Waals surface area contributed by atoms with Gasteiger partial charge in [-0.25, -0.2) is 4.90 Å². The lowest BCUT2D eigenvalue weighted by Crippen LogP contribution is -2.51. The second-order valence-corrected chi connectivity index (χ2v) is 9.68. The Kier molecular flexibility index (Phi) is 3.85. The standard InChI is InChI=1S/C25H17BrN2O4/c1-25-16-8-4-2-6-14(16)20(15-7-3-5-9-17(15)25)21-22(25)24(30)27(23(21)29)18-11-10-13(26)12-19(18)28(31)32/h2-12,20-22H,1H3/t20?,21-,22-,25?/m0/s1. The first-order valence-electron chi connectivity index (χ1n) is 10.4. The van der Waals surface area contributed by atoms with E-state index in [1.807, 2.05) is 55.5 Å². The number of carbonyl (C=O) groups excluding carboxylic acids is 2. The van der Waals surface area contributed by atoms with E-state index < -0.39 is 22.2 Å². The molecule has 0 saturated carbocycles. The van der Waals surface area contributed by atoms with Gasteiger partial charge in [0.05, 0.1) is 16.8 Å². The number of rotatable bonds is 2. The summed E-state index contributed by atoms with van der Waals surface area (Å²) >= 11 is 3.25. The fourth-order valence-electron chi connectivity index (χ4n) is 6.22. The van der Waals surface area contributed by atoms with Crippen LogP contribution in [0.15, 0.2) is 71.2 Å². The summed E-state index contributed by atoms with van der Waals surface area (Å²) in [5, 5.41) is 11.8. The molecule has 32 heavy (non-hydrogen) atoms. The van der Waals surface area contributed by atoms with Gasteiger partial charge in [-0.1, -0.05) is 71.4 Å². The molecule has 158 valence electrons. The summed E-state index contributed by atoms with van der Waals surface area (Å²) in [5.41, 5.74) is 3.28. The maximum atomic E-state index is 13.9. The summed E-state index contributed by atoms with van der Waals surface area (Å²) in [7, 11) is 0. The van der Waals surface area contributed by atoms with Gasteiger partial charge in [-0.15, -0.1) is 0 Å². The fourth-order valence-corrected chi connectivity index (χ4v) is 6.57. The zero-order valence-electron chi connectivity index (χ0n) is 17.0. The van der Waals surface area contributed by atoms with E-state index in [1.165, 1.54) is 12.1 Å². The van der Waals surface area contributed by atoms with E-state index in [0.29, 0.717) is 4.47 Å². The van der Waals surface area contributed by atoms with Crippen LogP contribution in [0.25, 0.3) is 0 Å². The molecule has 2 bridgehead atoms. The van der Waals surface area contributed by atoms with Gasteiger partial charge in [0.1, 0.15) is 5.69 Å². The van der Waals surface area contributed by atoms with Crippen molar-refractivity contribution in [3.05, 3.63) is 104 Å². The Hall–Kier alpha value is -3.32. The highest BCUT2D eigenvalue weighted by Crippen LogP contribution is 2.64. The molecule has 0 spiro atoms. The largest absolute Gasteiger partial charge is 0.294 e. The fraction of sp³-hybridized carbons (Fsp3) is 0.200. The van der Waals surface area contributed by atoms with E-state index in [1.54, 1.807) is 6.07 Å². The van der Waals surface area contributed by atoms with Gasteiger partial charge in [-0.05, 0) is 34.4 Å². The highest BCUT2D eigenvalue weighted by molar-refractivity contribution is 9.10. The summed E-state index contributed by atoms with van der Waals surface area (Å²) < 4.78 is 0.510. The van der Waals surface area contributed by atoms with Gasteiger partial charge in [0.25, 0.3) is 5.69 Å². The first-order chi connectivity index (χ1) is 15.4. The van der Waals surface area contributed by atoms with Gasteiger partial charge < -0.3 is 0 Å². The average molecular weight is 489 g/mol. The normalized spacial score (nSPS) is 27.2. The van der Waals surface area contributed by atoms with Crippen LogP contribution in [0.4, 0.5) is 11.4 Å². The summed E-state index contributed by atoms with van der Waals surface area (Å²) in [6.45, 7) is 2.03. The number of halogens is 1. The van der Waals surface area contributed by atoms with E-state index >= 15 is 0 Å². The minimum absolute atomic E-state index is 0.0266. The van der Waals surface area contributed by atoms with Crippen molar-refractivity contribution in [2.24, 2.45) is 11.8 Å². The Labute approximate surface area is 192 Å². The van der Waals surface area contributed by atoms with Gasteiger partial charge in [-0.3, -0.25) is 19.7 Å². The third-order valence-corrected chi connectivity index (χ3v) is 7.91. The molecule has 6 nitrogen and oxygen atoms in total. The molecule has 1 fully saturated rings. The van der Waals surface area contributed by atoms with Crippen LogP contribution in [-0.4, -0.2) is 16.7 Å². The minimum Gasteiger partial charge on any atom is -0.274 e. The van der Waals surface area contributed by atoms with Gasteiger partial charge in [0, 0.05) is 21.9 Å². The molecule has 7 rings (SSSR count). The Morgan fingerprint density at radius 2 is 1.53 bits per heavy atom. The van der Waals surface area contributed by atoms with Crippen molar-refractivity contribution in [2.75, 3.05) is 4.90 Å². The van der Waals surface area contributed by atoms with Crippen molar-refractivity contribution in [1.82, 2.24) is 0 Å². The van der Waals surface area contributed by atoms with Crippen LogP contribution >= 0.6 is 15.9 Å². The number of hydrogen-bond acceptors (Lipinski definition) is 4. The zero-order chi connectivity index (χ0) is 22.4. The van der Waals surface area contributed by atoms with Crippen molar-refractivity contribution in [3.63, 3.8) is 0 Å². The van der Waals surface area contributed by atoms with E-state index in [4.69, 9.17) is 0 Å². The van der Waals surface area contributed by atoms with Crippen molar-refractivity contribution >= 4 is 39.1 Å². The lowest BCUT2D eigenvalue weighted by Gasteiger charge is -2.52. The van der Waals surface area contributed by atoms with E-state index in [9.17, 15) is 19.7 Å². The SMILES string of the molecule is CC12c3ccccc3C(c3ccccc31)[C@@H]1C(=O)N(c3ccc(Br)cc3[N+](=O)[O-])C(=O)[C@H]12. The number of nitrogens with zero attached hydrogens (tertiary/aromatic N) is 2. The minimum atomic E-state index is -0.696. The molecule has 0 N–H and O–H groups in total. The van der Waals surface area contributed by atoms with Crippen LogP contribution < -0.4 is 4.90 Å². The molecule has 4 aliphatic rings. The number of hydrogen-bond donors (Lipinski definition) is 0. The Morgan fingerprint density at radius 1 is 0.938 bits per heavy atom. The molecular weight excluding hydrogens is 472 g/mol. The quantitative estimate of drug-likeness (QED) is 0.291. The third kappa shape index (κ3) is 2.19. The molecule has 2 amide bonds. The molecule has 3 aromatic rings. The van der Waals surface area contributed by atoms with Crippen LogP contribution in [0.1, 0.15) is 35.1 Å². The highest BCUT2D eigenvalue weighted by atomic mass is 79.9. The average Bonchev–Trinajstić information content (AvgIpc) is 3.06. The maximum Gasteiger partial charge on any atom is 0.294 e. The number of nitro groups is 1. The summed E-state index contributed by atoms with van der Waals surface area (Å²) in [6, 6.07) is 20.4. The third-order valence-electron chi connectivity index (χ3n) is 7.42. The number of imide groups is 1. The van der Waals surface area contributed by atoms with E-state index in [0.717, 1.165) is 27.2 Å². The number of nitro benzene ring substituents is 1. The topological polar surface area (TPSA) is 80.5 Å². The molecule has 1 saturated heterocycles. The van der Waals surface area contributed by atoms with Crippen molar-refractivity contribution in [3.8, 4) is 0 Å². The number of benzene rings is 3. The molecule has 1 heterocycles. The van der Waals surface area contributed by atoms with Crippen LogP contribution in [0, 0.1) is 22.0 Å². The predicted molar refractivity (Wildman–Crippen MR) is 121 cm³/mol. The number of carbonyl (C=O) groups is 2. The summed E-state index contributed by atoms with van der Waals surface area (Å²) in [5.74, 6) is -2.22. The Bertz CT molecular complexity index is 1320. The molecule has 0 unspecified atom stereocenters. The molecule has 2 atom stereocenters. The Morgan fingerprint density at radius 3 is 2.12 bits per heavy atom. The van der Waals surface area contributed by atoms with Gasteiger partial charge in [0.2, 0.25) is 11.8 Å². The van der Waals surface area contributed by atoms with E-state index in [-0.39, 0.29) is 29.1 Å². The lowest BCUT2D eigenvalue weighted by molar-refractivity contribution is -0.384. The molecule has 0 radical (unpaired) electrons. The molecule has 7 heteroatoms. The zero-order valence-corrected chi connectivity index (χ0v) is 18.6. The number of anilines is 1. The van der Waals surface area contributed by atoms with Crippen LogP contribution in [0.3, 0.4) is 0 Å². The molecule has 3 aromatic carbocycles. The lowest BCUT2D eigenvalue weighted by atomic mass is 9.48. The predicted octanol–water partition coefficient (Wildman–Crippen LogP) is 4.93. The van der Waals surface area contributed by atoms with Crippen LogP contribution in [-0.2, 0) is 15.0 Å². The molecule has 0 aromatic heterocycles.